The first-order valence-electron chi connectivity index (χ1n) is 9.39. The Morgan fingerprint density at radius 2 is 1.56 bits per heavy atom. The fraction of sp³-hybridized carbons (Fsp3) is 0.381. The van der Waals surface area contributed by atoms with E-state index in [0.29, 0.717) is 17.2 Å². The van der Waals surface area contributed by atoms with Gasteiger partial charge in [0, 0.05) is 17.3 Å². The number of benzene rings is 2. The van der Waals surface area contributed by atoms with Gasteiger partial charge in [0.25, 0.3) is 5.91 Å². The molecule has 1 amide bonds. The maximum Gasteiger partial charge on any atom is 0.255 e. The van der Waals surface area contributed by atoms with E-state index in [1.165, 1.54) is 17.7 Å². The second-order valence-electron chi connectivity index (χ2n) is 7.36. The molecule has 5 nitrogen and oxygen atoms in total. The number of anilines is 1. The van der Waals surface area contributed by atoms with Crippen LogP contribution in [0.3, 0.4) is 0 Å². The zero-order chi connectivity index (χ0) is 19.4. The van der Waals surface area contributed by atoms with E-state index in [0.717, 1.165) is 25.7 Å². The molecule has 0 unspecified atom stereocenters. The summed E-state index contributed by atoms with van der Waals surface area (Å²) in [7, 11) is -3.54. The summed E-state index contributed by atoms with van der Waals surface area (Å²) in [6.45, 7) is 4.23. The molecule has 144 valence electrons. The maximum absolute atomic E-state index is 12.4. The number of nitrogens with one attached hydrogen (secondary N) is 2. The molecule has 0 radical (unpaired) electrons. The Balaban J connectivity index is 1.66. The van der Waals surface area contributed by atoms with E-state index in [-0.39, 0.29) is 16.8 Å². The Morgan fingerprint density at radius 3 is 2.11 bits per heavy atom. The summed E-state index contributed by atoms with van der Waals surface area (Å²) >= 11 is 0. The third-order valence-corrected chi connectivity index (χ3v) is 6.48. The van der Waals surface area contributed by atoms with Gasteiger partial charge in [-0.05, 0) is 60.7 Å². The normalized spacial score (nSPS) is 15.2. The van der Waals surface area contributed by atoms with Gasteiger partial charge in [0.1, 0.15) is 0 Å². The Hall–Kier alpha value is -2.18. The summed E-state index contributed by atoms with van der Waals surface area (Å²) in [5.74, 6) is 0.169. The molecule has 2 aromatic carbocycles. The van der Waals surface area contributed by atoms with Gasteiger partial charge in [-0.2, -0.15) is 0 Å². The van der Waals surface area contributed by atoms with Crippen molar-refractivity contribution >= 4 is 21.6 Å². The Bertz CT molecular complexity index is 882. The zero-order valence-corrected chi connectivity index (χ0v) is 16.6. The third-order valence-electron chi connectivity index (χ3n) is 4.94. The van der Waals surface area contributed by atoms with E-state index in [2.05, 4.69) is 23.9 Å². The van der Waals surface area contributed by atoms with Crippen LogP contribution in [0.1, 0.15) is 61.4 Å². The molecule has 1 aliphatic carbocycles. The lowest BCUT2D eigenvalue weighted by Gasteiger charge is -2.13. The van der Waals surface area contributed by atoms with E-state index in [1.807, 2.05) is 24.3 Å². The van der Waals surface area contributed by atoms with Crippen molar-refractivity contribution in [2.75, 3.05) is 5.32 Å². The van der Waals surface area contributed by atoms with E-state index in [1.54, 1.807) is 12.1 Å². The van der Waals surface area contributed by atoms with Crippen LogP contribution >= 0.6 is 0 Å². The molecule has 0 saturated heterocycles. The minimum atomic E-state index is -3.54. The maximum atomic E-state index is 12.4. The number of carbonyl (C=O) groups is 1. The van der Waals surface area contributed by atoms with Gasteiger partial charge in [0.2, 0.25) is 10.0 Å². The molecule has 2 N–H and O–H groups in total. The van der Waals surface area contributed by atoms with Crippen molar-refractivity contribution < 1.29 is 13.2 Å². The van der Waals surface area contributed by atoms with Crippen molar-refractivity contribution in [2.45, 2.75) is 56.4 Å². The van der Waals surface area contributed by atoms with E-state index >= 15 is 0 Å². The van der Waals surface area contributed by atoms with Crippen molar-refractivity contribution in [3.8, 4) is 0 Å². The van der Waals surface area contributed by atoms with Crippen LogP contribution in [-0.2, 0) is 10.0 Å². The molecule has 1 fully saturated rings. The molecule has 0 bridgehead atoms. The summed E-state index contributed by atoms with van der Waals surface area (Å²) in [5.41, 5.74) is 2.34. The molecule has 0 atom stereocenters. The van der Waals surface area contributed by atoms with Crippen molar-refractivity contribution in [3.63, 3.8) is 0 Å². The van der Waals surface area contributed by atoms with Gasteiger partial charge in [-0.3, -0.25) is 4.79 Å². The van der Waals surface area contributed by atoms with Crippen LogP contribution < -0.4 is 10.0 Å². The molecule has 27 heavy (non-hydrogen) atoms. The lowest BCUT2D eigenvalue weighted by molar-refractivity contribution is 0.102. The first-order chi connectivity index (χ1) is 12.8. The van der Waals surface area contributed by atoms with Crippen molar-refractivity contribution in [1.29, 1.82) is 0 Å². The SMILES string of the molecule is CC(C)c1ccc(NC(=O)c2ccc(S(=O)(=O)NC3CCCC3)cc2)cc1. The predicted octanol–water partition coefficient (Wildman–Crippen LogP) is 4.28. The highest BCUT2D eigenvalue weighted by Gasteiger charge is 2.23. The molecule has 0 spiro atoms. The smallest absolute Gasteiger partial charge is 0.255 e. The van der Waals surface area contributed by atoms with Gasteiger partial charge < -0.3 is 5.32 Å². The summed E-state index contributed by atoms with van der Waals surface area (Å²) in [4.78, 5) is 12.6. The lowest BCUT2D eigenvalue weighted by atomic mass is 10.0. The van der Waals surface area contributed by atoms with Crippen LogP contribution in [0.5, 0.6) is 0 Å². The van der Waals surface area contributed by atoms with Crippen LogP contribution in [0.2, 0.25) is 0 Å². The molecule has 1 aliphatic rings. The average Bonchev–Trinajstić information content (AvgIpc) is 3.14. The molecule has 1 saturated carbocycles. The largest absolute Gasteiger partial charge is 0.322 e. The standard InChI is InChI=1S/C21H26N2O3S/c1-15(2)16-7-11-18(12-8-16)22-21(24)17-9-13-20(14-10-17)27(25,26)23-19-5-3-4-6-19/h7-15,19,23H,3-6H2,1-2H3,(H,22,24). The zero-order valence-electron chi connectivity index (χ0n) is 15.7. The second kappa shape index (κ2) is 8.23. The number of amides is 1. The Labute approximate surface area is 161 Å². The van der Waals surface area contributed by atoms with E-state index < -0.39 is 10.0 Å². The fourth-order valence-electron chi connectivity index (χ4n) is 3.27. The quantitative estimate of drug-likeness (QED) is 0.778. The Morgan fingerprint density at radius 1 is 0.963 bits per heavy atom. The van der Waals surface area contributed by atoms with Gasteiger partial charge in [-0.25, -0.2) is 13.1 Å². The topological polar surface area (TPSA) is 75.3 Å². The molecule has 0 heterocycles. The van der Waals surface area contributed by atoms with Crippen LogP contribution in [-0.4, -0.2) is 20.4 Å². The number of hydrogen-bond donors (Lipinski definition) is 2. The van der Waals surface area contributed by atoms with E-state index in [4.69, 9.17) is 0 Å². The average molecular weight is 387 g/mol. The van der Waals surface area contributed by atoms with Crippen molar-refractivity contribution in [3.05, 3.63) is 59.7 Å². The number of hydrogen-bond acceptors (Lipinski definition) is 3. The highest BCUT2D eigenvalue weighted by molar-refractivity contribution is 7.89. The minimum absolute atomic E-state index is 0.0202. The highest BCUT2D eigenvalue weighted by Crippen LogP contribution is 2.21. The van der Waals surface area contributed by atoms with Gasteiger partial charge in [0.05, 0.1) is 4.90 Å². The molecule has 0 aliphatic heterocycles. The van der Waals surface area contributed by atoms with Gasteiger partial charge in [-0.1, -0.05) is 38.8 Å². The molecule has 2 aromatic rings. The first kappa shape index (κ1) is 19.6. The van der Waals surface area contributed by atoms with Crippen molar-refractivity contribution in [2.24, 2.45) is 0 Å². The first-order valence-corrected chi connectivity index (χ1v) is 10.9. The minimum Gasteiger partial charge on any atom is -0.322 e. The summed E-state index contributed by atoms with van der Waals surface area (Å²) in [6, 6.07) is 13.8. The number of carbonyl (C=O) groups excluding carboxylic acids is 1. The number of sulfonamides is 1. The monoisotopic (exact) mass is 386 g/mol. The molecular weight excluding hydrogens is 360 g/mol. The summed E-state index contributed by atoms with van der Waals surface area (Å²) in [6.07, 6.45) is 3.89. The highest BCUT2D eigenvalue weighted by atomic mass is 32.2. The van der Waals surface area contributed by atoms with Gasteiger partial charge in [-0.15, -0.1) is 0 Å². The van der Waals surface area contributed by atoms with Crippen LogP contribution in [0, 0.1) is 0 Å². The predicted molar refractivity (Wildman–Crippen MR) is 108 cm³/mol. The van der Waals surface area contributed by atoms with Gasteiger partial charge >= 0.3 is 0 Å². The summed E-state index contributed by atoms with van der Waals surface area (Å²) < 4.78 is 27.6. The second-order valence-corrected chi connectivity index (χ2v) is 9.07. The van der Waals surface area contributed by atoms with Crippen LogP contribution in [0.4, 0.5) is 5.69 Å². The summed E-state index contributed by atoms with van der Waals surface area (Å²) in [5, 5.41) is 2.84. The molecular formula is C21H26N2O3S. The Kier molecular flexibility index (Phi) is 5.97. The van der Waals surface area contributed by atoms with Crippen molar-refractivity contribution in [1.82, 2.24) is 4.72 Å². The third kappa shape index (κ3) is 4.96. The lowest BCUT2D eigenvalue weighted by Crippen LogP contribution is -2.32. The van der Waals surface area contributed by atoms with E-state index in [9.17, 15) is 13.2 Å². The molecule has 3 rings (SSSR count). The molecule has 0 aromatic heterocycles. The number of rotatable bonds is 6. The molecule has 6 heteroatoms. The van der Waals surface area contributed by atoms with Crippen LogP contribution in [0.15, 0.2) is 53.4 Å². The van der Waals surface area contributed by atoms with Gasteiger partial charge in [0.15, 0.2) is 0 Å². The fourth-order valence-corrected chi connectivity index (χ4v) is 4.58. The van der Waals surface area contributed by atoms with Crippen LogP contribution in [0.25, 0.3) is 0 Å².